The third-order valence-electron chi connectivity index (χ3n) is 2.78. The second-order valence-electron chi connectivity index (χ2n) is 3.96. The van der Waals surface area contributed by atoms with Crippen LogP contribution in [0.25, 0.3) is 10.9 Å². The number of hydrogen-bond acceptors (Lipinski definition) is 4. The van der Waals surface area contributed by atoms with Crippen molar-refractivity contribution < 1.29 is 8.91 Å². The molecule has 0 amide bonds. The van der Waals surface area contributed by atoms with Crippen molar-refractivity contribution >= 4 is 10.9 Å². The van der Waals surface area contributed by atoms with Gasteiger partial charge in [-0.2, -0.15) is 4.98 Å². The lowest BCUT2D eigenvalue weighted by Crippen LogP contribution is -1.98. The Kier molecular flexibility index (Phi) is 2.56. The van der Waals surface area contributed by atoms with Crippen LogP contribution in [-0.4, -0.2) is 15.1 Å². The van der Waals surface area contributed by atoms with Gasteiger partial charge in [-0.3, -0.25) is 0 Å². The summed E-state index contributed by atoms with van der Waals surface area (Å²) in [5, 5.41) is 4.54. The molecule has 0 atom stereocenters. The van der Waals surface area contributed by atoms with Gasteiger partial charge in [0.05, 0.1) is 18.5 Å². The highest BCUT2D eigenvalue weighted by Gasteiger charge is 2.11. The van der Waals surface area contributed by atoms with Gasteiger partial charge in [0.1, 0.15) is 5.82 Å². The fourth-order valence-corrected chi connectivity index (χ4v) is 1.93. The van der Waals surface area contributed by atoms with Crippen LogP contribution in [0.5, 0.6) is 0 Å². The molecule has 2 aromatic heterocycles. The minimum absolute atomic E-state index is 0.242. The van der Waals surface area contributed by atoms with E-state index >= 15 is 0 Å². The Hall–Kier alpha value is -2.21. The molecule has 0 aliphatic heterocycles. The number of nitrogens with one attached hydrogen (secondary N) is 1. The highest BCUT2D eigenvalue weighted by atomic mass is 19.1. The zero-order valence-electron chi connectivity index (χ0n) is 9.48. The summed E-state index contributed by atoms with van der Waals surface area (Å²) in [7, 11) is 0. The molecule has 3 rings (SSSR count). The summed E-state index contributed by atoms with van der Waals surface area (Å²) in [4.78, 5) is 7.03. The van der Waals surface area contributed by atoms with E-state index in [1.807, 2.05) is 6.07 Å². The van der Waals surface area contributed by atoms with Gasteiger partial charge < -0.3 is 15.2 Å². The number of benzene rings is 1. The average molecular weight is 246 g/mol. The second-order valence-corrected chi connectivity index (χ2v) is 3.96. The molecule has 3 aromatic rings. The molecule has 0 fully saturated rings. The van der Waals surface area contributed by atoms with Gasteiger partial charge in [-0.25, -0.2) is 4.39 Å². The fraction of sp³-hybridized carbons (Fsp3) is 0.167. The lowest BCUT2D eigenvalue weighted by molar-refractivity contribution is 0.380. The Bertz CT molecular complexity index is 688. The molecule has 0 radical (unpaired) electrons. The Morgan fingerprint density at radius 3 is 3.06 bits per heavy atom. The zero-order chi connectivity index (χ0) is 12.5. The summed E-state index contributed by atoms with van der Waals surface area (Å²) in [5.74, 6) is 0.670. The van der Waals surface area contributed by atoms with Crippen LogP contribution in [0, 0.1) is 5.82 Å². The number of aromatic nitrogens is 3. The van der Waals surface area contributed by atoms with Gasteiger partial charge in [0, 0.05) is 11.6 Å². The zero-order valence-corrected chi connectivity index (χ0v) is 9.48. The van der Waals surface area contributed by atoms with Gasteiger partial charge in [0.2, 0.25) is 5.89 Å². The van der Waals surface area contributed by atoms with Gasteiger partial charge >= 0.3 is 0 Å². The summed E-state index contributed by atoms with van der Waals surface area (Å²) in [5.41, 5.74) is 6.81. The Balaban J connectivity index is 1.97. The highest BCUT2D eigenvalue weighted by Crippen LogP contribution is 2.22. The maximum absolute atomic E-state index is 13.5. The summed E-state index contributed by atoms with van der Waals surface area (Å²) in [6.45, 7) is 0.242. The van der Waals surface area contributed by atoms with E-state index in [0.717, 1.165) is 10.9 Å². The molecule has 0 saturated carbocycles. The van der Waals surface area contributed by atoms with Crippen molar-refractivity contribution in [1.29, 1.82) is 0 Å². The number of aromatic amines is 1. The number of para-hydroxylation sites is 1. The van der Waals surface area contributed by atoms with E-state index in [2.05, 4.69) is 15.1 Å². The molecule has 0 aliphatic carbocycles. The quantitative estimate of drug-likeness (QED) is 0.737. The molecular formula is C12H11FN4O. The predicted molar refractivity (Wildman–Crippen MR) is 63.3 cm³/mol. The fourth-order valence-electron chi connectivity index (χ4n) is 1.93. The number of hydrogen-bond donors (Lipinski definition) is 2. The topological polar surface area (TPSA) is 80.7 Å². The van der Waals surface area contributed by atoms with E-state index in [4.69, 9.17) is 10.3 Å². The third-order valence-corrected chi connectivity index (χ3v) is 2.78. The molecule has 0 unspecified atom stereocenters. The first-order valence-electron chi connectivity index (χ1n) is 5.54. The number of fused-ring (bicyclic) bond motifs is 1. The first kappa shape index (κ1) is 10.9. The normalized spacial score (nSPS) is 11.2. The van der Waals surface area contributed by atoms with E-state index < -0.39 is 0 Å². The van der Waals surface area contributed by atoms with Crippen LogP contribution in [0.1, 0.15) is 17.3 Å². The van der Waals surface area contributed by atoms with E-state index in [-0.39, 0.29) is 12.4 Å². The molecule has 0 aliphatic rings. The first-order valence-corrected chi connectivity index (χ1v) is 5.54. The minimum Gasteiger partial charge on any atom is -0.359 e. The Morgan fingerprint density at radius 2 is 2.28 bits per heavy atom. The van der Waals surface area contributed by atoms with Crippen LogP contribution in [0.4, 0.5) is 4.39 Å². The lowest BCUT2D eigenvalue weighted by atomic mass is 10.1. The molecule has 92 valence electrons. The molecule has 3 N–H and O–H groups in total. The third kappa shape index (κ3) is 1.76. The summed E-state index contributed by atoms with van der Waals surface area (Å²) in [6.07, 6.45) is 2.20. The van der Waals surface area contributed by atoms with Crippen LogP contribution >= 0.6 is 0 Å². The Labute approximate surface area is 102 Å². The van der Waals surface area contributed by atoms with Gasteiger partial charge in [-0.05, 0) is 11.6 Å². The molecule has 6 heteroatoms. The first-order chi connectivity index (χ1) is 8.78. The van der Waals surface area contributed by atoms with Gasteiger partial charge in [-0.1, -0.05) is 17.3 Å². The van der Waals surface area contributed by atoms with Crippen molar-refractivity contribution in [2.75, 3.05) is 0 Å². The second kappa shape index (κ2) is 4.23. The minimum atomic E-state index is -0.271. The lowest BCUT2D eigenvalue weighted by Gasteiger charge is -1.95. The van der Waals surface area contributed by atoms with Crippen molar-refractivity contribution in [2.24, 2.45) is 5.73 Å². The SMILES string of the molecule is NCc1noc(Cc2c[nH]c3c(F)cccc23)n1. The van der Waals surface area contributed by atoms with E-state index in [9.17, 15) is 4.39 Å². The molecule has 0 spiro atoms. The van der Waals surface area contributed by atoms with Gasteiger partial charge in [0.25, 0.3) is 0 Å². The van der Waals surface area contributed by atoms with Crippen molar-refractivity contribution in [3.8, 4) is 0 Å². The van der Waals surface area contributed by atoms with E-state index in [1.165, 1.54) is 6.07 Å². The van der Waals surface area contributed by atoms with Crippen molar-refractivity contribution in [3.05, 3.63) is 47.5 Å². The molecule has 1 aromatic carbocycles. The van der Waals surface area contributed by atoms with Crippen LogP contribution in [-0.2, 0) is 13.0 Å². The largest absolute Gasteiger partial charge is 0.359 e. The molecule has 0 saturated heterocycles. The standard InChI is InChI=1S/C12H11FN4O/c13-9-3-1-2-8-7(6-15-12(8)9)4-11-16-10(5-14)17-18-11/h1-3,6,15H,4-5,14H2. The summed E-state index contributed by atoms with van der Waals surface area (Å²) >= 11 is 0. The number of nitrogens with zero attached hydrogens (tertiary/aromatic N) is 2. The van der Waals surface area contributed by atoms with Crippen LogP contribution in [0.15, 0.2) is 28.9 Å². The molecule has 0 bridgehead atoms. The summed E-state index contributed by atoms with van der Waals surface area (Å²) in [6, 6.07) is 4.94. The molecule has 5 nitrogen and oxygen atoms in total. The maximum Gasteiger partial charge on any atom is 0.231 e. The predicted octanol–water partition coefficient (Wildman–Crippen LogP) is 1.74. The van der Waals surface area contributed by atoms with Crippen molar-refractivity contribution in [1.82, 2.24) is 15.1 Å². The average Bonchev–Trinajstić information content (AvgIpc) is 2.98. The van der Waals surface area contributed by atoms with Crippen LogP contribution in [0.3, 0.4) is 0 Å². The Morgan fingerprint density at radius 1 is 1.39 bits per heavy atom. The molecular weight excluding hydrogens is 235 g/mol. The number of H-pyrrole nitrogens is 1. The van der Waals surface area contributed by atoms with Crippen LogP contribution in [0.2, 0.25) is 0 Å². The van der Waals surface area contributed by atoms with Gasteiger partial charge in [0.15, 0.2) is 5.82 Å². The number of nitrogens with two attached hydrogens (primary N) is 1. The van der Waals surface area contributed by atoms with Gasteiger partial charge in [-0.15, -0.1) is 0 Å². The van der Waals surface area contributed by atoms with Crippen molar-refractivity contribution in [2.45, 2.75) is 13.0 Å². The summed E-state index contributed by atoms with van der Waals surface area (Å²) < 4.78 is 18.6. The van der Waals surface area contributed by atoms with E-state index in [0.29, 0.717) is 23.7 Å². The smallest absolute Gasteiger partial charge is 0.231 e. The monoisotopic (exact) mass is 246 g/mol. The van der Waals surface area contributed by atoms with E-state index in [1.54, 1.807) is 12.3 Å². The number of halogens is 1. The highest BCUT2D eigenvalue weighted by molar-refractivity contribution is 5.83. The molecule has 18 heavy (non-hydrogen) atoms. The van der Waals surface area contributed by atoms with Crippen LogP contribution < -0.4 is 5.73 Å². The molecule has 2 heterocycles. The number of rotatable bonds is 3. The maximum atomic E-state index is 13.5. The van der Waals surface area contributed by atoms with Crippen molar-refractivity contribution in [3.63, 3.8) is 0 Å².